The lowest BCUT2D eigenvalue weighted by Crippen LogP contribution is -2.10. The summed E-state index contributed by atoms with van der Waals surface area (Å²) in [6, 6.07) is 5.09. The van der Waals surface area contributed by atoms with Crippen molar-refractivity contribution >= 4 is 5.97 Å². The predicted molar refractivity (Wildman–Crippen MR) is 53.3 cm³/mol. The number of aryl methyl sites for hydroxylation is 1. The Balaban J connectivity index is 3.00. The Bertz CT molecular complexity index is 324. The van der Waals surface area contributed by atoms with Crippen LogP contribution in [0.4, 0.5) is 0 Å². The van der Waals surface area contributed by atoms with E-state index in [4.69, 9.17) is 0 Å². The van der Waals surface area contributed by atoms with Gasteiger partial charge in [0.15, 0.2) is 0 Å². The second-order valence-corrected chi connectivity index (χ2v) is 3.35. The van der Waals surface area contributed by atoms with E-state index in [0.717, 1.165) is 11.1 Å². The van der Waals surface area contributed by atoms with Gasteiger partial charge in [0.05, 0.1) is 13.0 Å². The average Bonchev–Trinajstić information content (AvgIpc) is 2.14. The topological polar surface area (TPSA) is 46.5 Å². The molecule has 0 heterocycles. The van der Waals surface area contributed by atoms with Crippen LogP contribution < -0.4 is 0 Å². The molecule has 0 saturated carbocycles. The zero-order valence-electron chi connectivity index (χ0n) is 8.57. The summed E-state index contributed by atoms with van der Waals surface area (Å²) in [6.45, 7) is 3.62. The molecule has 76 valence electrons. The van der Waals surface area contributed by atoms with E-state index >= 15 is 0 Å². The number of esters is 1. The smallest absolute Gasteiger partial charge is 0.312 e. The van der Waals surface area contributed by atoms with Crippen LogP contribution in [0.1, 0.15) is 24.0 Å². The van der Waals surface area contributed by atoms with Gasteiger partial charge in [0.1, 0.15) is 5.75 Å². The Kier molecular flexibility index (Phi) is 3.12. The summed E-state index contributed by atoms with van der Waals surface area (Å²) in [6.07, 6.45) is 0. The first-order valence-corrected chi connectivity index (χ1v) is 4.43. The van der Waals surface area contributed by atoms with Crippen LogP contribution in [0, 0.1) is 6.92 Å². The van der Waals surface area contributed by atoms with Crippen molar-refractivity contribution in [3.63, 3.8) is 0 Å². The standard InChI is InChI=1S/C11H14O3/c1-7-4-9(6-10(12)5-7)8(2)11(13)14-3/h4-6,8,12H,1-3H3. The van der Waals surface area contributed by atoms with E-state index in [2.05, 4.69) is 4.74 Å². The second kappa shape index (κ2) is 4.13. The van der Waals surface area contributed by atoms with E-state index in [9.17, 15) is 9.90 Å². The third-order valence-electron chi connectivity index (χ3n) is 2.14. The van der Waals surface area contributed by atoms with Crippen LogP contribution in [0.2, 0.25) is 0 Å². The van der Waals surface area contributed by atoms with Gasteiger partial charge in [-0.1, -0.05) is 6.07 Å². The quantitative estimate of drug-likeness (QED) is 0.732. The van der Waals surface area contributed by atoms with Crippen LogP contribution in [0.25, 0.3) is 0 Å². The molecule has 1 N–H and O–H groups in total. The molecular weight excluding hydrogens is 180 g/mol. The number of ether oxygens (including phenoxy) is 1. The molecule has 0 amide bonds. The van der Waals surface area contributed by atoms with Gasteiger partial charge in [-0.25, -0.2) is 0 Å². The summed E-state index contributed by atoms with van der Waals surface area (Å²) in [7, 11) is 1.36. The molecule has 0 aliphatic carbocycles. The Morgan fingerprint density at radius 2 is 2.07 bits per heavy atom. The summed E-state index contributed by atoms with van der Waals surface area (Å²) < 4.78 is 4.63. The van der Waals surface area contributed by atoms with Gasteiger partial charge >= 0.3 is 5.97 Å². The molecule has 0 bridgehead atoms. The zero-order chi connectivity index (χ0) is 10.7. The van der Waals surface area contributed by atoms with Gasteiger partial charge in [-0.05, 0) is 37.1 Å². The monoisotopic (exact) mass is 194 g/mol. The predicted octanol–water partition coefficient (Wildman–Crippen LogP) is 1.98. The molecule has 3 nitrogen and oxygen atoms in total. The Morgan fingerprint density at radius 3 is 2.57 bits per heavy atom. The maximum Gasteiger partial charge on any atom is 0.312 e. The molecule has 3 heteroatoms. The average molecular weight is 194 g/mol. The molecule has 0 aliphatic rings. The number of methoxy groups -OCH3 is 1. The SMILES string of the molecule is COC(=O)C(C)c1cc(C)cc(O)c1. The molecule has 1 aromatic rings. The normalized spacial score (nSPS) is 12.2. The molecule has 0 saturated heterocycles. The Labute approximate surface area is 83.3 Å². The van der Waals surface area contributed by atoms with Gasteiger partial charge in [0.2, 0.25) is 0 Å². The van der Waals surface area contributed by atoms with Crippen LogP contribution >= 0.6 is 0 Å². The first-order chi connectivity index (χ1) is 6.54. The molecular formula is C11H14O3. The van der Waals surface area contributed by atoms with Crippen molar-refractivity contribution in [3.8, 4) is 5.75 Å². The number of carbonyl (C=O) groups is 1. The highest BCUT2D eigenvalue weighted by molar-refractivity contribution is 5.77. The summed E-state index contributed by atoms with van der Waals surface area (Å²) in [5.41, 5.74) is 1.70. The first-order valence-electron chi connectivity index (χ1n) is 4.43. The molecule has 1 unspecified atom stereocenters. The van der Waals surface area contributed by atoms with Crippen molar-refractivity contribution in [2.45, 2.75) is 19.8 Å². The van der Waals surface area contributed by atoms with Gasteiger partial charge in [-0.2, -0.15) is 0 Å². The number of rotatable bonds is 2. The molecule has 14 heavy (non-hydrogen) atoms. The maximum atomic E-state index is 11.2. The molecule has 0 fully saturated rings. The molecule has 0 aliphatic heterocycles. The van der Waals surface area contributed by atoms with Gasteiger partial charge in [0, 0.05) is 0 Å². The maximum absolute atomic E-state index is 11.2. The number of carbonyl (C=O) groups excluding carboxylic acids is 1. The van der Waals surface area contributed by atoms with Crippen molar-refractivity contribution in [1.82, 2.24) is 0 Å². The molecule has 0 aromatic heterocycles. The third kappa shape index (κ3) is 2.25. The largest absolute Gasteiger partial charge is 0.508 e. The first kappa shape index (κ1) is 10.6. The van der Waals surface area contributed by atoms with E-state index in [1.165, 1.54) is 7.11 Å². The highest BCUT2D eigenvalue weighted by atomic mass is 16.5. The molecule has 0 spiro atoms. The van der Waals surface area contributed by atoms with Crippen LogP contribution in [-0.2, 0) is 9.53 Å². The lowest BCUT2D eigenvalue weighted by molar-refractivity contribution is -0.141. The Hall–Kier alpha value is -1.51. The van der Waals surface area contributed by atoms with Gasteiger partial charge in [0.25, 0.3) is 0 Å². The van der Waals surface area contributed by atoms with Gasteiger partial charge < -0.3 is 9.84 Å². The molecule has 1 rings (SSSR count). The fraction of sp³-hybridized carbons (Fsp3) is 0.364. The van der Waals surface area contributed by atoms with Crippen LogP contribution in [0.5, 0.6) is 5.75 Å². The molecule has 0 radical (unpaired) electrons. The minimum atomic E-state index is -0.342. The number of aromatic hydroxyl groups is 1. The highest BCUT2D eigenvalue weighted by Gasteiger charge is 2.16. The molecule has 1 atom stereocenters. The van der Waals surface area contributed by atoms with Crippen LogP contribution in [-0.4, -0.2) is 18.2 Å². The number of phenolic OH excluding ortho intramolecular Hbond substituents is 1. The van der Waals surface area contributed by atoms with Crippen LogP contribution in [0.3, 0.4) is 0 Å². The summed E-state index contributed by atoms with van der Waals surface area (Å²) in [4.78, 5) is 11.2. The summed E-state index contributed by atoms with van der Waals surface area (Å²) in [5, 5.41) is 9.35. The highest BCUT2D eigenvalue weighted by Crippen LogP contribution is 2.22. The molecule has 1 aromatic carbocycles. The van der Waals surface area contributed by atoms with Crippen molar-refractivity contribution in [3.05, 3.63) is 29.3 Å². The number of benzene rings is 1. The minimum absolute atomic E-state index is 0.177. The Morgan fingerprint density at radius 1 is 1.43 bits per heavy atom. The van der Waals surface area contributed by atoms with Gasteiger partial charge in [-0.15, -0.1) is 0 Å². The second-order valence-electron chi connectivity index (χ2n) is 3.35. The zero-order valence-corrected chi connectivity index (χ0v) is 8.57. The fourth-order valence-corrected chi connectivity index (χ4v) is 1.35. The van der Waals surface area contributed by atoms with E-state index in [1.54, 1.807) is 19.1 Å². The summed E-state index contributed by atoms with van der Waals surface area (Å²) in [5.74, 6) is -0.462. The van der Waals surface area contributed by atoms with E-state index in [0.29, 0.717) is 0 Å². The van der Waals surface area contributed by atoms with Crippen molar-refractivity contribution in [2.24, 2.45) is 0 Å². The lowest BCUT2D eigenvalue weighted by atomic mass is 9.99. The van der Waals surface area contributed by atoms with E-state index in [1.807, 2.05) is 13.0 Å². The number of hydrogen-bond acceptors (Lipinski definition) is 3. The third-order valence-corrected chi connectivity index (χ3v) is 2.14. The van der Waals surface area contributed by atoms with Crippen molar-refractivity contribution < 1.29 is 14.6 Å². The van der Waals surface area contributed by atoms with Crippen molar-refractivity contribution in [2.75, 3.05) is 7.11 Å². The van der Waals surface area contributed by atoms with E-state index in [-0.39, 0.29) is 17.6 Å². The van der Waals surface area contributed by atoms with Crippen LogP contribution in [0.15, 0.2) is 18.2 Å². The number of hydrogen-bond donors (Lipinski definition) is 1. The number of phenols is 1. The van der Waals surface area contributed by atoms with Crippen molar-refractivity contribution in [1.29, 1.82) is 0 Å². The lowest BCUT2D eigenvalue weighted by Gasteiger charge is -2.10. The minimum Gasteiger partial charge on any atom is -0.508 e. The summed E-state index contributed by atoms with van der Waals surface area (Å²) >= 11 is 0. The van der Waals surface area contributed by atoms with Gasteiger partial charge in [-0.3, -0.25) is 4.79 Å². The van der Waals surface area contributed by atoms with E-state index < -0.39 is 0 Å². The fourth-order valence-electron chi connectivity index (χ4n) is 1.35.